The zero-order valence-corrected chi connectivity index (χ0v) is 6.48. The smallest absolute Gasteiger partial charge is 0.243 e. The maximum absolute atomic E-state index is 10.8. The van der Waals surface area contributed by atoms with Gasteiger partial charge < -0.3 is 5.11 Å². The van der Waals surface area contributed by atoms with E-state index >= 15 is 0 Å². The number of amides is 1. The average molecular weight is 167 g/mol. The van der Waals surface area contributed by atoms with E-state index in [4.69, 9.17) is 22.6 Å². The van der Waals surface area contributed by atoms with Crippen molar-refractivity contribution in [2.24, 2.45) is 11.3 Å². The predicted octanol–water partition coefficient (Wildman–Crippen LogP) is -0.786. The van der Waals surface area contributed by atoms with E-state index in [0.29, 0.717) is 0 Å². The van der Waals surface area contributed by atoms with Crippen LogP contribution in [0.4, 0.5) is 0 Å². The fourth-order valence-electron chi connectivity index (χ4n) is 0.349. The highest BCUT2D eigenvalue weighted by Crippen LogP contribution is 2.16. The largest absolute Gasteiger partial charge is 0.395 e. The molecule has 0 fully saturated rings. The van der Waals surface area contributed by atoms with Crippen molar-refractivity contribution in [1.82, 2.24) is 5.43 Å². The molecule has 0 aliphatic heterocycles. The third-order valence-corrected chi connectivity index (χ3v) is 1.91. The molecule has 60 valence electrons. The molecule has 0 saturated carbocycles. The van der Waals surface area contributed by atoms with E-state index in [-0.39, 0.29) is 12.5 Å². The van der Waals surface area contributed by atoms with Gasteiger partial charge in [0.05, 0.1) is 12.0 Å². The van der Waals surface area contributed by atoms with Gasteiger partial charge in [-0.05, 0) is 6.92 Å². The maximum atomic E-state index is 10.8. The Hall–Kier alpha value is -0.320. The number of hydrogen-bond donors (Lipinski definition) is 3. The fourth-order valence-corrected chi connectivity index (χ4v) is 0.555. The van der Waals surface area contributed by atoms with Gasteiger partial charge in [0.2, 0.25) is 5.91 Å². The third kappa shape index (κ3) is 1.83. The lowest BCUT2D eigenvalue weighted by molar-refractivity contribution is -0.131. The lowest BCUT2D eigenvalue weighted by atomic mass is 9.94. The summed E-state index contributed by atoms with van der Waals surface area (Å²) in [7, 11) is 0. The molecular formula is C5H11ClN2O2. The number of halogens is 1. The molecular weight excluding hydrogens is 156 g/mol. The Kier molecular flexibility index (Phi) is 3.63. The molecule has 0 aromatic carbocycles. The monoisotopic (exact) mass is 166 g/mol. The Morgan fingerprint density at radius 3 is 2.50 bits per heavy atom. The quantitative estimate of drug-likeness (QED) is 0.223. The predicted molar refractivity (Wildman–Crippen MR) is 38.2 cm³/mol. The number of aliphatic hydroxyl groups excluding tert-OH is 1. The van der Waals surface area contributed by atoms with E-state index in [2.05, 4.69) is 0 Å². The van der Waals surface area contributed by atoms with Crippen LogP contribution in [0.15, 0.2) is 0 Å². The molecule has 0 rings (SSSR count). The van der Waals surface area contributed by atoms with Crippen molar-refractivity contribution in [3.63, 3.8) is 0 Å². The first-order chi connectivity index (χ1) is 4.60. The van der Waals surface area contributed by atoms with E-state index < -0.39 is 11.3 Å². The van der Waals surface area contributed by atoms with Gasteiger partial charge in [-0.15, -0.1) is 11.6 Å². The third-order valence-electron chi connectivity index (χ3n) is 1.32. The molecule has 0 spiro atoms. The molecule has 4 nitrogen and oxygen atoms in total. The summed E-state index contributed by atoms with van der Waals surface area (Å²) in [4.78, 5) is 10.8. The van der Waals surface area contributed by atoms with Crippen molar-refractivity contribution in [2.75, 3.05) is 12.5 Å². The molecule has 10 heavy (non-hydrogen) atoms. The van der Waals surface area contributed by atoms with Crippen LogP contribution >= 0.6 is 11.6 Å². The van der Waals surface area contributed by atoms with E-state index in [1.807, 2.05) is 5.43 Å². The molecule has 0 heterocycles. The second-order valence-corrected chi connectivity index (χ2v) is 2.59. The van der Waals surface area contributed by atoms with Crippen molar-refractivity contribution < 1.29 is 9.90 Å². The van der Waals surface area contributed by atoms with Gasteiger partial charge in [0.1, 0.15) is 0 Å². The topological polar surface area (TPSA) is 75.3 Å². The van der Waals surface area contributed by atoms with Crippen LogP contribution in [0.1, 0.15) is 6.92 Å². The number of carbonyl (C=O) groups is 1. The standard InChI is InChI=1S/C5H11ClN2O2/c1-5(2-6,3-9)4(10)8-7/h9H,2-3,7H2,1H3,(H,8,10). The Morgan fingerprint density at radius 1 is 1.90 bits per heavy atom. The number of nitrogens with two attached hydrogens (primary N) is 1. The fraction of sp³-hybridized carbons (Fsp3) is 0.800. The van der Waals surface area contributed by atoms with E-state index in [1.54, 1.807) is 0 Å². The van der Waals surface area contributed by atoms with Crippen molar-refractivity contribution in [3.05, 3.63) is 0 Å². The molecule has 0 aromatic rings. The highest BCUT2D eigenvalue weighted by molar-refractivity contribution is 6.19. The van der Waals surface area contributed by atoms with Crippen molar-refractivity contribution in [2.45, 2.75) is 6.92 Å². The van der Waals surface area contributed by atoms with Crippen LogP contribution in [-0.2, 0) is 4.79 Å². The van der Waals surface area contributed by atoms with Gasteiger partial charge in [0, 0.05) is 5.88 Å². The van der Waals surface area contributed by atoms with Crippen LogP contribution in [0.5, 0.6) is 0 Å². The van der Waals surface area contributed by atoms with Crippen LogP contribution in [0.3, 0.4) is 0 Å². The second-order valence-electron chi connectivity index (χ2n) is 2.33. The number of hydrazine groups is 1. The van der Waals surface area contributed by atoms with Crippen LogP contribution in [-0.4, -0.2) is 23.5 Å². The lowest BCUT2D eigenvalue weighted by Gasteiger charge is -2.21. The summed E-state index contributed by atoms with van der Waals surface area (Å²) in [6.45, 7) is 1.22. The molecule has 1 atom stereocenters. The SMILES string of the molecule is CC(CO)(CCl)C(=O)NN. The summed E-state index contributed by atoms with van der Waals surface area (Å²) in [6.07, 6.45) is 0. The van der Waals surface area contributed by atoms with E-state index in [9.17, 15) is 4.79 Å². The Morgan fingerprint density at radius 2 is 2.40 bits per heavy atom. The number of aliphatic hydroxyl groups is 1. The molecule has 0 saturated heterocycles. The van der Waals surface area contributed by atoms with Crippen LogP contribution in [0.2, 0.25) is 0 Å². The van der Waals surface area contributed by atoms with Gasteiger partial charge in [-0.1, -0.05) is 0 Å². The van der Waals surface area contributed by atoms with Crippen LogP contribution in [0, 0.1) is 5.41 Å². The van der Waals surface area contributed by atoms with Gasteiger partial charge in [0.15, 0.2) is 0 Å². The number of carbonyl (C=O) groups excluding carboxylic acids is 1. The summed E-state index contributed by atoms with van der Waals surface area (Å²) in [6, 6.07) is 0. The highest BCUT2D eigenvalue weighted by Gasteiger charge is 2.30. The first kappa shape index (κ1) is 9.68. The maximum Gasteiger partial charge on any atom is 0.243 e. The summed E-state index contributed by atoms with van der Waals surface area (Å²) < 4.78 is 0. The van der Waals surface area contributed by atoms with Gasteiger partial charge in [-0.2, -0.15) is 0 Å². The molecule has 1 unspecified atom stereocenters. The molecule has 0 bridgehead atoms. The minimum Gasteiger partial charge on any atom is -0.395 e. The number of rotatable bonds is 3. The minimum absolute atomic E-state index is 0.0481. The van der Waals surface area contributed by atoms with Crippen molar-refractivity contribution in [1.29, 1.82) is 0 Å². The molecule has 0 radical (unpaired) electrons. The Labute approximate surface area is 64.3 Å². The number of alkyl halides is 1. The first-order valence-corrected chi connectivity index (χ1v) is 3.32. The molecule has 0 aliphatic carbocycles. The minimum atomic E-state index is -0.962. The van der Waals surface area contributed by atoms with Gasteiger partial charge in [-0.3, -0.25) is 10.2 Å². The van der Waals surface area contributed by atoms with Crippen LogP contribution < -0.4 is 11.3 Å². The Bertz CT molecular complexity index is 125. The van der Waals surface area contributed by atoms with E-state index in [1.165, 1.54) is 6.92 Å². The molecule has 0 aliphatic rings. The molecule has 5 heteroatoms. The van der Waals surface area contributed by atoms with Gasteiger partial charge in [-0.25, -0.2) is 5.84 Å². The normalized spacial score (nSPS) is 16.0. The molecule has 0 aromatic heterocycles. The van der Waals surface area contributed by atoms with Gasteiger partial charge >= 0.3 is 0 Å². The Balaban J connectivity index is 4.17. The zero-order valence-electron chi connectivity index (χ0n) is 5.72. The van der Waals surface area contributed by atoms with Crippen molar-refractivity contribution >= 4 is 17.5 Å². The summed E-state index contributed by atoms with van der Waals surface area (Å²) in [5, 5.41) is 8.69. The molecule has 4 N–H and O–H groups in total. The average Bonchev–Trinajstić information content (AvgIpc) is 2.01. The van der Waals surface area contributed by atoms with Crippen LogP contribution in [0.25, 0.3) is 0 Å². The summed E-state index contributed by atoms with van der Waals surface area (Å²) >= 11 is 5.41. The highest BCUT2D eigenvalue weighted by atomic mass is 35.5. The summed E-state index contributed by atoms with van der Waals surface area (Å²) in [5.74, 6) is 4.43. The zero-order chi connectivity index (χ0) is 8.20. The first-order valence-electron chi connectivity index (χ1n) is 2.78. The van der Waals surface area contributed by atoms with Crippen molar-refractivity contribution in [3.8, 4) is 0 Å². The number of nitrogens with one attached hydrogen (secondary N) is 1. The molecule has 1 amide bonds. The second kappa shape index (κ2) is 3.75. The summed E-state index contributed by atoms with van der Waals surface area (Å²) in [5.41, 5.74) is 0.962. The van der Waals surface area contributed by atoms with Gasteiger partial charge in [0.25, 0.3) is 0 Å². The van der Waals surface area contributed by atoms with E-state index in [0.717, 1.165) is 0 Å². The number of hydrogen-bond acceptors (Lipinski definition) is 3. The lowest BCUT2D eigenvalue weighted by Crippen LogP contribution is -2.45.